The summed E-state index contributed by atoms with van der Waals surface area (Å²) in [4.78, 5) is 25.3. The molecule has 0 saturated carbocycles. The van der Waals surface area contributed by atoms with Gasteiger partial charge in [-0.3, -0.25) is 9.59 Å². The van der Waals surface area contributed by atoms with E-state index in [0.29, 0.717) is 40.3 Å². The van der Waals surface area contributed by atoms with Crippen molar-refractivity contribution in [3.63, 3.8) is 0 Å². The van der Waals surface area contributed by atoms with Crippen LogP contribution in [0.3, 0.4) is 0 Å². The molecule has 0 unspecified atom stereocenters. The van der Waals surface area contributed by atoms with E-state index in [1.54, 1.807) is 30.3 Å². The molecule has 0 aliphatic carbocycles. The normalized spacial score (nSPS) is 10.8. The highest BCUT2D eigenvalue weighted by Gasteiger charge is 2.12. The average molecular weight is 413 g/mol. The van der Waals surface area contributed by atoms with Gasteiger partial charge in [0.2, 0.25) is 0 Å². The maximum atomic E-state index is 12.7. The van der Waals surface area contributed by atoms with Crippen LogP contribution < -0.4 is 15.5 Å². The Labute approximate surface area is 180 Å². The highest BCUT2D eigenvalue weighted by atomic mass is 16.5. The maximum Gasteiger partial charge on any atom is 0.255 e. The number of anilines is 1. The summed E-state index contributed by atoms with van der Waals surface area (Å²) >= 11 is 0. The van der Waals surface area contributed by atoms with E-state index in [4.69, 9.17) is 9.15 Å². The van der Waals surface area contributed by atoms with Crippen molar-refractivity contribution in [2.45, 2.75) is 20.8 Å². The van der Waals surface area contributed by atoms with Crippen molar-refractivity contribution < 1.29 is 13.9 Å². The molecule has 4 aromatic rings. The van der Waals surface area contributed by atoms with Crippen molar-refractivity contribution in [3.05, 3.63) is 93.6 Å². The van der Waals surface area contributed by atoms with Gasteiger partial charge in [-0.25, -0.2) is 0 Å². The van der Waals surface area contributed by atoms with Crippen LogP contribution in [0, 0.1) is 13.8 Å². The summed E-state index contributed by atoms with van der Waals surface area (Å²) in [7, 11) is 0. The predicted molar refractivity (Wildman–Crippen MR) is 123 cm³/mol. The van der Waals surface area contributed by atoms with Gasteiger partial charge >= 0.3 is 0 Å². The Kier molecular flexibility index (Phi) is 5.58. The van der Waals surface area contributed by atoms with E-state index in [1.807, 2.05) is 51.1 Å². The summed E-state index contributed by atoms with van der Waals surface area (Å²) in [5.74, 6) is 0.849. The van der Waals surface area contributed by atoms with E-state index >= 15 is 0 Å². The van der Waals surface area contributed by atoms with Gasteiger partial charge in [0.05, 0.1) is 17.7 Å². The number of rotatable bonds is 5. The molecule has 0 saturated heterocycles. The van der Waals surface area contributed by atoms with Gasteiger partial charge in [-0.05, 0) is 62.2 Å². The lowest BCUT2D eigenvalue weighted by molar-refractivity contribution is 0.102. The molecule has 5 nitrogen and oxygen atoms in total. The molecule has 0 spiro atoms. The minimum Gasteiger partial charge on any atom is -0.492 e. The Hall–Kier alpha value is -3.86. The molecule has 1 amide bonds. The molecule has 0 fully saturated rings. The molecule has 0 aliphatic heterocycles. The largest absolute Gasteiger partial charge is 0.492 e. The van der Waals surface area contributed by atoms with Crippen molar-refractivity contribution >= 4 is 22.6 Å². The topological polar surface area (TPSA) is 68.5 Å². The summed E-state index contributed by atoms with van der Waals surface area (Å²) in [6, 6.07) is 19.6. The van der Waals surface area contributed by atoms with E-state index in [1.165, 1.54) is 6.07 Å². The lowest BCUT2D eigenvalue weighted by Gasteiger charge is -2.11. The minimum absolute atomic E-state index is 0.0857. The van der Waals surface area contributed by atoms with E-state index in [-0.39, 0.29) is 11.3 Å². The number of hydrogen-bond donors (Lipinski definition) is 1. The zero-order valence-corrected chi connectivity index (χ0v) is 17.7. The van der Waals surface area contributed by atoms with Crippen LogP contribution in [0.1, 0.15) is 28.4 Å². The number of carbonyl (C=O) groups excluding carboxylic acids is 1. The van der Waals surface area contributed by atoms with E-state index in [0.717, 1.165) is 16.7 Å². The Morgan fingerprint density at radius 1 is 1.00 bits per heavy atom. The van der Waals surface area contributed by atoms with Gasteiger partial charge in [-0.2, -0.15) is 0 Å². The zero-order chi connectivity index (χ0) is 22.0. The number of para-hydroxylation sites is 2. The fourth-order valence-electron chi connectivity index (χ4n) is 3.58. The summed E-state index contributed by atoms with van der Waals surface area (Å²) in [6.07, 6.45) is 0. The van der Waals surface area contributed by atoms with Gasteiger partial charge in [0.25, 0.3) is 5.91 Å². The fraction of sp³-hybridized carbons (Fsp3) is 0.154. The average Bonchev–Trinajstić information content (AvgIpc) is 2.76. The number of nitrogens with one attached hydrogen (secondary N) is 1. The molecule has 1 N–H and O–H groups in total. The summed E-state index contributed by atoms with van der Waals surface area (Å²) in [5.41, 5.74) is 4.27. The van der Waals surface area contributed by atoms with Crippen LogP contribution in [0.4, 0.5) is 5.69 Å². The summed E-state index contributed by atoms with van der Waals surface area (Å²) in [6.45, 7) is 6.29. The second-order valence-electron chi connectivity index (χ2n) is 7.39. The van der Waals surface area contributed by atoms with Crippen LogP contribution in [0.2, 0.25) is 0 Å². The number of aryl methyl sites for hydroxylation is 2. The van der Waals surface area contributed by atoms with Crippen LogP contribution in [-0.2, 0) is 0 Å². The lowest BCUT2D eigenvalue weighted by atomic mass is 10.1. The monoisotopic (exact) mass is 413 g/mol. The number of amides is 1. The number of benzene rings is 3. The van der Waals surface area contributed by atoms with Crippen LogP contribution in [0.5, 0.6) is 5.75 Å². The second kappa shape index (κ2) is 8.48. The molecule has 0 radical (unpaired) electrons. The van der Waals surface area contributed by atoms with Gasteiger partial charge in [0.15, 0.2) is 5.43 Å². The quantitative estimate of drug-likeness (QED) is 0.454. The lowest BCUT2D eigenvalue weighted by Crippen LogP contribution is -2.12. The second-order valence-corrected chi connectivity index (χ2v) is 7.39. The molecule has 0 aliphatic rings. The molecule has 0 bridgehead atoms. The van der Waals surface area contributed by atoms with Gasteiger partial charge in [-0.15, -0.1) is 0 Å². The molecule has 5 heteroatoms. The molecule has 156 valence electrons. The Balaban J connectivity index is 1.61. The van der Waals surface area contributed by atoms with Gasteiger partial charge in [0.1, 0.15) is 17.1 Å². The first-order valence-corrected chi connectivity index (χ1v) is 10.1. The molecule has 1 aromatic heterocycles. The van der Waals surface area contributed by atoms with Crippen molar-refractivity contribution in [1.29, 1.82) is 0 Å². The van der Waals surface area contributed by atoms with Gasteiger partial charge < -0.3 is 14.5 Å². The Morgan fingerprint density at radius 2 is 1.74 bits per heavy atom. The summed E-state index contributed by atoms with van der Waals surface area (Å²) < 4.78 is 11.6. The van der Waals surface area contributed by atoms with Crippen LogP contribution in [-0.4, -0.2) is 12.5 Å². The highest BCUT2D eigenvalue weighted by Crippen LogP contribution is 2.27. The fourth-order valence-corrected chi connectivity index (χ4v) is 3.58. The first-order valence-electron chi connectivity index (χ1n) is 10.1. The third kappa shape index (κ3) is 4.21. The molecular weight excluding hydrogens is 390 g/mol. The smallest absolute Gasteiger partial charge is 0.255 e. The molecule has 31 heavy (non-hydrogen) atoms. The van der Waals surface area contributed by atoms with Crippen molar-refractivity contribution in [3.8, 4) is 17.1 Å². The van der Waals surface area contributed by atoms with Crippen LogP contribution in [0.15, 0.2) is 75.9 Å². The Morgan fingerprint density at radius 3 is 2.48 bits per heavy atom. The molecule has 4 rings (SSSR count). The molecule has 0 atom stereocenters. The molecule has 3 aromatic carbocycles. The van der Waals surface area contributed by atoms with E-state index in [9.17, 15) is 9.59 Å². The van der Waals surface area contributed by atoms with Crippen molar-refractivity contribution in [2.24, 2.45) is 0 Å². The third-order valence-electron chi connectivity index (χ3n) is 5.03. The SMILES string of the molecule is CCOc1ccccc1NC(=O)c1ccc(-c2cc(=O)c3cc(C)cc(C)c3o2)cc1. The summed E-state index contributed by atoms with van der Waals surface area (Å²) in [5, 5.41) is 3.45. The standard InChI is InChI=1S/C26H23NO4/c1-4-30-23-8-6-5-7-21(23)27-26(29)19-11-9-18(10-12-19)24-15-22(28)20-14-16(2)13-17(3)25(20)31-24/h5-15H,4H2,1-3H3,(H,27,29). The van der Waals surface area contributed by atoms with Crippen molar-refractivity contribution in [2.75, 3.05) is 11.9 Å². The zero-order valence-electron chi connectivity index (χ0n) is 17.7. The first-order chi connectivity index (χ1) is 15.0. The number of ether oxygens (including phenoxy) is 1. The van der Waals surface area contributed by atoms with Gasteiger partial charge in [0, 0.05) is 17.2 Å². The molecule has 1 heterocycles. The predicted octanol–water partition coefficient (Wildman–Crippen LogP) is 5.73. The van der Waals surface area contributed by atoms with Crippen molar-refractivity contribution in [1.82, 2.24) is 0 Å². The number of fused-ring (bicyclic) bond motifs is 1. The maximum absolute atomic E-state index is 12.7. The minimum atomic E-state index is -0.245. The van der Waals surface area contributed by atoms with Crippen LogP contribution >= 0.6 is 0 Å². The highest BCUT2D eigenvalue weighted by molar-refractivity contribution is 6.05. The van der Waals surface area contributed by atoms with Crippen LogP contribution in [0.25, 0.3) is 22.3 Å². The Bertz CT molecular complexity index is 1320. The van der Waals surface area contributed by atoms with E-state index < -0.39 is 0 Å². The third-order valence-corrected chi connectivity index (χ3v) is 5.03. The number of hydrogen-bond acceptors (Lipinski definition) is 4. The molecular formula is C26H23NO4. The first kappa shape index (κ1) is 20.4. The van der Waals surface area contributed by atoms with Gasteiger partial charge in [-0.1, -0.05) is 30.3 Å². The number of carbonyl (C=O) groups is 1. The van der Waals surface area contributed by atoms with E-state index in [2.05, 4.69) is 5.32 Å².